The normalized spacial score (nSPS) is 14.5. The summed E-state index contributed by atoms with van der Waals surface area (Å²) in [5, 5.41) is 3.81. The average Bonchev–Trinajstić information content (AvgIpc) is 2.97. The molecule has 6 nitrogen and oxygen atoms in total. The highest BCUT2D eigenvalue weighted by molar-refractivity contribution is 8.00. The summed E-state index contributed by atoms with van der Waals surface area (Å²) in [5.74, 6) is 0.403. The number of amides is 1. The van der Waals surface area contributed by atoms with Gasteiger partial charge >= 0.3 is 0 Å². The van der Waals surface area contributed by atoms with Crippen molar-refractivity contribution in [2.75, 3.05) is 17.6 Å². The molecule has 160 valence electrons. The summed E-state index contributed by atoms with van der Waals surface area (Å²) >= 11 is 13.3. The van der Waals surface area contributed by atoms with Crippen molar-refractivity contribution in [1.29, 1.82) is 0 Å². The fourth-order valence-corrected chi connectivity index (χ4v) is 5.20. The first kappa shape index (κ1) is 22.9. The van der Waals surface area contributed by atoms with Gasteiger partial charge in [-0.05, 0) is 55.3 Å². The number of sulfonamides is 1. The Morgan fingerprint density at radius 2 is 1.83 bits per heavy atom. The molecule has 0 aliphatic carbocycles. The quantitative estimate of drug-likeness (QED) is 0.564. The van der Waals surface area contributed by atoms with E-state index in [-0.39, 0.29) is 16.6 Å². The molecule has 1 aliphatic heterocycles. The van der Waals surface area contributed by atoms with Crippen LogP contribution in [-0.2, 0) is 14.8 Å². The highest BCUT2D eigenvalue weighted by Crippen LogP contribution is 2.30. The summed E-state index contributed by atoms with van der Waals surface area (Å²) in [6.45, 7) is 0.640. The van der Waals surface area contributed by atoms with Crippen molar-refractivity contribution in [3.05, 3.63) is 52.5 Å². The van der Waals surface area contributed by atoms with E-state index in [0.29, 0.717) is 39.4 Å². The van der Waals surface area contributed by atoms with Crippen LogP contribution in [0, 0.1) is 0 Å². The summed E-state index contributed by atoms with van der Waals surface area (Å²) in [6.07, 6.45) is 3.57. The number of aliphatic imine (C=N–C) groups is 1. The summed E-state index contributed by atoms with van der Waals surface area (Å²) in [7, 11) is -3.70. The predicted molar refractivity (Wildman–Crippen MR) is 123 cm³/mol. The van der Waals surface area contributed by atoms with E-state index in [1.165, 1.54) is 23.9 Å². The smallest absolute Gasteiger partial charge is 0.262 e. The first-order valence-electron chi connectivity index (χ1n) is 9.37. The highest BCUT2D eigenvalue weighted by atomic mass is 35.5. The van der Waals surface area contributed by atoms with E-state index in [1.807, 2.05) is 0 Å². The first-order chi connectivity index (χ1) is 14.3. The van der Waals surface area contributed by atoms with Crippen LogP contribution in [0.25, 0.3) is 0 Å². The van der Waals surface area contributed by atoms with Gasteiger partial charge < -0.3 is 5.32 Å². The van der Waals surface area contributed by atoms with Crippen LogP contribution in [0.1, 0.15) is 25.7 Å². The second-order valence-electron chi connectivity index (χ2n) is 6.68. The molecule has 2 aromatic carbocycles. The minimum atomic E-state index is -3.70. The number of amidine groups is 1. The Kier molecular flexibility index (Phi) is 8.05. The van der Waals surface area contributed by atoms with Crippen LogP contribution >= 0.6 is 35.0 Å². The van der Waals surface area contributed by atoms with Crippen molar-refractivity contribution in [2.45, 2.75) is 35.5 Å². The van der Waals surface area contributed by atoms with Crippen molar-refractivity contribution in [1.82, 2.24) is 4.72 Å². The minimum absolute atomic E-state index is 0.118. The van der Waals surface area contributed by atoms with E-state index < -0.39 is 10.0 Å². The Labute approximate surface area is 190 Å². The molecule has 0 bridgehead atoms. The van der Waals surface area contributed by atoms with Crippen LogP contribution in [0.3, 0.4) is 0 Å². The summed E-state index contributed by atoms with van der Waals surface area (Å²) in [5.41, 5.74) is 0.503. The van der Waals surface area contributed by atoms with Crippen LogP contribution in [0.4, 0.5) is 5.69 Å². The van der Waals surface area contributed by atoms with E-state index in [0.717, 1.165) is 19.3 Å². The van der Waals surface area contributed by atoms with Crippen LogP contribution < -0.4 is 10.0 Å². The molecule has 0 fully saturated rings. The minimum Gasteiger partial charge on any atom is -0.325 e. The monoisotopic (exact) mass is 485 g/mol. The Hall–Kier alpha value is -1.74. The van der Waals surface area contributed by atoms with Crippen LogP contribution in [0.5, 0.6) is 0 Å². The number of carbonyl (C=O) groups excluding carboxylic acids is 1. The number of halogens is 2. The molecule has 1 aliphatic rings. The van der Waals surface area contributed by atoms with Gasteiger partial charge in [0, 0.05) is 28.6 Å². The van der Waals surface area contributed by atoms with Gasteiger partial charge in [-0.3, -0.25) is 14.5 Å². The number of rotatable bonds is 6. The van der Waals surface area contributed by atoms with Gasteiger partial charge in [-0.25, -0.2) is 8.42 Å². The molecule has 30 heavy (non-hydrogen) atoms. The lowest BCUT2D eigenvalue weighted by molar-refractivity contribution is -0.113. The SMILES string of the molecule is O=C(CSc1cc(Cl)ccc1Cl)Nc1ccc(S(=O)(=O)NC2=NCCCCC2)cc1. The number of carbonyl (C=O) groups is 1. The topological polar surface area (TPSA) is 87.6 Å². The number of hydrogen-bond acceptors (Lipinski definition) is 5. The average molecular weight is 486 g/mol. The molecule has 0 spiro atoms. The lowest BCUT2D eigenvalue weighted by Gasteiger charge is -2.11. The Balaban J connectivity index is 1.57. The van der Waals surface area contributed by atoms with Gasteiger partial charge in [0.25, 0.3) is 10.0 Å². The van der Waals surface area contributed by atoms with Crippen molar-refractivity contribution in [3.63, 3.8) is 0 Å². The fraction of sp³-hybridized carbons (Fsp3) is 0.300. The van der Waals surface area contributed by atoms with Crippen LogP contribution in [0.15, 0.2) is 57.2 Å². The molecular weight excluding hydrogens is 465 g/mol. The number of thioether (sulfide) groups is 1. The molecule has 1 amide bonds. The van der Waals surface area contributed by atoms with Gasteiger partial charge in [-0.2, -0.15) is 0 Å². The molecule has 0 radical (unpaired) electrons. The predicted octanol–water partition coefficient (Wildman–Crippen LogP) is 4.98. The third kappa shape index (κ3) is 6.63. The largest absolute Gasteiger partial charge is 0.325 e. The summed E-state index contributed by atoms with van der Waals surface area (Å²) in [4.78, 5) is 17.3. The zero-order chi connectivity index (χ0) is 21.6. The molecule has 2 aromatic rings. The standard InChI is InChI=1S/C20H21Cl2N3O3S2/c21-14-5-10-17(22)18(12-14)29-13-20(26)24-15-6-8-16(9-7-15)30(27,28)25-19-4-2-1-3-11-23-19/h5-10,12H,1-4,11,13H2,(H,23,25)(H,24,26). The molecule has 0 saturated carbocycles. The number of nitrogens with one attached hydrogen (secondary N) is 2. The molecular formula is C20H21Cl2N3O3S2. The fourth-order valence-electron chi connectivity index (χ4n) is 2.82. The molecule has 0 aromatic heterocycles. The van der Waals surface area contributed by atoms with Crippen molar-refractivity contribution >= 4 is 62.4 Å². The third-order valence-corrected chi connectivity index (χ3v) is 7.46. The number of anilines is 1. The zero-order valence-electron chi connectivity index (χ0n) is 16.0. The molecule has 0 unspecified atom stereocenters. The van der Waals surface area contributed by atoms with Gasteiger partial charge in [0.15, 0.2) is 0 Å². The van der Waals surface area contributed by atoms with Crippen LogP contribution in [-0.4, -0.2) is 32.5 Å². The third-order valence-electron chi connectivity index (χ3n) is 4.33. The van der Waals surface area contributed by atoms with E-state index in [4.69, 9.17) is 23.2 Å². The molecule has 0 atom stereocenters. The Bertz CT molecular complexity index is 1040. The van der Waals surface area contributed by atoms with Crippen molar-refractivity contribution in [3.8, 4) is 0 Å². The van der Waals surface area contributed by atoms with Crippen molar-refractivity contribution < 1.29 is 13.2 Å². The Morgan fingerprint density at radius 1 is 1.07 bits per heavy atom. The molecule has 3 rings (SSSR count). The van der Waals surface area contributed by atoms with Crippen LogP contribution in [0.2, 0.25) is 10.0 Å². The first-order valence-corrected chi connectivity index (χ1v) is 12.6. The zero-order valence-corrected chi connectivity index (χ0v) is 19.2. The van der Waals surface area contributed by atoms with Gasteiger partial charge in [-0.15, -0.1) is 11.8 Å². The van der Waals surface area contributed by atoms with Gasteiger partial charge in [-0.1, -0.05) is 29.6 Å². The van der Waals surface area contributed by atoms with Gasteiger partial charge in [0.1, 0.15) is 5.84 Å². The van der Waals surface area contributed by atoms with Crippen molar-refractivity contribution in [2.24, 2.45) is 4.99 Å². The highest BCUT2D eigenvalue weighted by Gasteiger charge is 2.17. The molecule has 1 heterocycles. The maximum Gasteiger partial charge on any atom is 0.262 e. The summed E-state index contributed by atoms with van der Waals surface area (Å²) < 4.78 is 27.7. The number of nitrogens with zero attached hydrogens (tertiary/aromatic N) is 1. The second-order valence-corrected chi connectivity index (χ2v) is 10.2. The van der Waals surface area contributed by atoms with Gasteiger partial charge in [0.2, 0.25) is 5.91 Å². The van der Waals surface area contributed by atoms with E-state index in [1.54, 1.807) is 30.3 Å². The summed E-state index contributed by atoms with van der Waals surface area (Å²) in [6, 6.07) is 11.1. The number of hydrogen-bond donors (Lipinski definition) is 2. The maximum atomic E-state index is 12.6. The lowest BCUT2D eigenvalue weighted by atomic mass is 10.2. The maximum absolute atomic E-state index is 12.6. The second kappa shape index (κ2) is 10.5. The van der Waals surface area contributed by atoms with E-state index in [2.05, 4.69) is 15.0 Å². The molecule has 2 N–H and O–H groups in total. The van der Waals surface area contributed by atoms with E-state index >= 15 is 0 Å². The van der Waals surface area contributed by atoms with E-state index in [9.17, 15) is 13.2 Å². The Morgan fingerprint density at radius 3 is 2.60 bits per heavy atom. The molecule has 10 heteroatoms. The molecule has 0 saturated heterocycles. The lowest BCUT2D eigenvalue weighted by Crippen LogP contribution is -2.30. The van der Waals surface area contributed by atoms with Gasteiger partial charge in [0.05, 0.1) is 15.7 Å². The number of benzene rings is 2.